The molecule has 2 aromatic heterocycles. The van der Waals surface area contributed by atoms with Crippen LogP contribution in [0.3, 0.4) is 0 Å². The molecule has 2 aliphatic rings. The maximum Gasteiger partial charge on any atom is 0.358 e. The van der Waals surface area contributed by atoms with Crippen LogP contribution in [0.15, 0.2) is 52.5 Å². The lowest BCUT2D eigenvalue weighted by Crippen LogP contribution is -2.41. The van der Waals surface area contributed by atoms with Crippen molar-refractivity contribution in [2.75, 3.05) is 44.5 Å². The van der Waals surface area contributed by atoms with Crippen LogP contribution in [0.5, 0.6) is 11.5 Å². The number of hydrogen-bond donors (Lipinski definition) is 1. The summed E-state index contributed by atoms with van der Waals surface area (Å²) in [6, 6.07) is 11.3. The van der Waals surface area contributed by atoms with E-state index in [0.29, 0.717) is 33.0 Å². The summed E-state index contributed by atoms with van der Waals surface area (Å²) >= 11 is 7.71. The molecule has 1 spiro atoms. The van der Waals surface area contributed by atoms with Gasteiger partial charge in [0.25, 0.3) is 0 Å². The van der Waals surface area contributed by atoms with E-state index in [0.717, 1.165) is 50.3 Å². The third-order valence-corrected chi connectivity index (χ3v) is 9.07. The molecule has 2 fully saturated rings. The van der Waals surface area contributed by atoms with Crippen molar-refractivity contribution in [1.29, 1.82) is 0 Å². The maximum absolute atomic E-state index is 13.0. The number of piperidine rings is 1. The molecule has 0 saturated carbocycles. The summed E-state index contributed by atoms with van der Waals surface area (Å²) in [4.78, 5) is 24.7. The molecule has 5 rings (SSSR count). The zero-order valence-corrected chi connectivity index (χ0v) is 24.4. The second-order valence-corrected chi connectivity index (χ2v) is 11.6. The van der Waals surface area contributed by atoms with Gasteiger partial charge >= 0.3 is 5.97 Å². The number of nitrogen functional groups attached to an aromatic ring is 1. The Morgan fingerprint density at radius 2 is 1.98 bits per heavy atom. The van der Waals surface area contributed by atoms with E-state index in [1.165, 1.54) is 18.9 Å². The number of nitrogens with zero attached hydrogens (tertiary/aromatic N) is 3. The van der Waals surface area contributed by atoms with Gasteiger partial charge in [-0.05, 0) is 55.4 Å². The molecule has 9 nitrogen and oxygen atoms in total. The number of ether oxygens (including phenoxy) is 4. The topological polar surface area (TPSA) is 109 Å². The highest BCUT2D eigenvalue weighted by atomic mass is 35.5. The fourth-order valence-corrected chi connectivity index (χ4v) is 6.37. The molecule has 212 valence electrons. The lowest BCUT2D eigenvalue weighted by Gasteiger charge is -2.40. The Balaban J connectivity index is 1.49. The van der Waals surface area contributed by atoms with E-state index in [1.54, 1.807) is 19.4 Å². The van der Waals surface area contributed by atoms with Crippen molar-refractivity contribution >= 4 is 40.8 Å². The average Bonchev–Trinajstić information content (AvgIpc) is 3.34. The van der Waals surface area contributed by atoms with Crippen LogP contribution in [-0.2, 0) is 16.1 Å². The van der Waals surface area contributed by atoms with Gasteiger partial charge < -0.3 is 29.6 Å². The van der Waals surface area contributed by atoms with E-state index in [-0.39, 0.29) is 23.0 Å². The molecule has 1 aromatic carbocycles. The number of carbonyl (C=O) groups excluding carboxylic acids is 1. The third kappa shape index (κ3) is 6.09. The largest absolute Gasteiger partial charge is 0.497 e. The SMILES string of the molecule is COC(=O)c1nc(Sc2ccnc(N)c2Cl)c(OCc2ccc(OC)cc2)cc1N1CCC2(CC1)CO[C@@H](C)C2. The zero-order chi connectivity index (χ0) is 28.3. The average molecular weight is 585 g/mol. The minimum atomic E-state index is -0.517. The van der Waals surface area contributed by atoms with Gasteiger partial charge in [-0.2, -0.15) is 0 Å². The van der Waals surface area contributed by atoms with Gasteiger partial charge in [0, 0.05) is 30.2 Å². The number of esters is 1. The normalized spacial score (nSPS) is 18.1. The molecule has 4 heterocycles. The molecule has 40 heavy (non-hydrogen) atoms. The molecule has 0 unspecified atom stereocenters. The Morgan fingerprint density at radius 1 is 1.23 bits per heavy atom. The molecule has 2 saturated heterocycles. The van der Waals surface area contributed by atoms with Gasteiger partial charge in [-0.1, -0.05) is 35.5 Å². The Morgan fingerprint density at radius 3 is 2.62 bits per heavy atom. The van der Waals surface area contributed by atoms with Gasteiger partial charge in [0.15, 0.2) is 11.4 Å². The fraction of sp³-hybridized carbons (Fsp3) is 0.414. The van der Waals surface area contributed by atoms with Crippen molar-refractivity contribution in [3.8, 4) is 11.5 Å². The van der Waals surface area contributed by atoms with Crippen LogP contribution in [0.1, 0.15) is 42.2 Å². The summed E-state index contributed by atoms with van der Waals surface area (Å²) in [7, 11) is 2.99. The highest BCUT2D eigenvalue weighted by molar-refractivity contribution is 7.99. The van der Waals surface area contributed by atoms with Gasteiger partial charge in [0.1, 0.15) is 23.2 Å². The Labute approximate surface area is 243 Å². The lowest BCUT2D eigenvalue weighted by molar-refractivity contribution is 0.0593. The van der Waals surface area contributed by atoms with Crippen molar-refractivity contribution < 1.29 is 23.7 Å². The summed E-state index contributed by atoms with van der Waals surface area (Å²) in [5, 5.41) is 0.782. The van der Waals surface area contributed by atoms with Crippen molar-refractivity contribution in [2.45, 2.75) is 48.8 Å². The molecule has 2 aliphatic heterocycles. The van der Waals surface area contributed by atoms with E-state index in [2.05, 4.69) is 16.8 Å². The van der Waals surface area contributed by atoms with Crippen molar-refractivity contribution in [3.05, 3.63) is 58.9 Å². The Kier molecular flexibility index (Phi) is 8.58. The number of carbonyl (C=O) groups is 1. The predicted molar refractivity (Wildman–Crippen MR) is 155 cm³/mol. The fourth-order valence-electron chi connectivity index (χ4n) is 5.26. The van der Waals surface area contributed by atoms with Crippen LogP contribution >= 0.6 is 23.4 Å². The Bertz CT molecular complexity index is 1370. The maximum atomic E-state index is 13.0. The van der Waals surface area contributed by atoms with E-state index < -0.39 is 5.97 Å². The standard InChI is InChI=1S/C29H33ClN4O5S/c1-18-15-29(17-39-18)9-12-34(13-10-29)21-14-22(38-16-19-4-6-20(36-2)7-5-19)27(33-25(21)28(35)37-3)40-23-8-11-32-26(31)24(23)30/h4-8,11,14,18H,9-10,12-13,15-17H2,1-3H3,(H2,31,32)/t18-/m0/s1. The van der Waals surface area contributed by atoms with Crippen LogP contribution in [0.25, 0.3) is 0 Å². The molecule has 0 aliphatic carbocycles. The van der Waals surface area contributed by atoms with Gasteiger partial charge in [-0.15, -0.1) is 0 Å². The summed E-state index contributed by atoms with van der Waals surface area (Å²) < 4.78 is 22.7. The van der Waals surface area contributed by atoms with Crippen molar-refractivity contribution in [1.82, 2.24) is 9.97 Å². The molecule has 11 heteroatoms. The minimum Gasteiger partial charge on any atom is -0.497 e. The quantitative estimate of drug-likeness (QED) is 0.334. The molecular weight excluding hydrogens is 552 g/mol. The van der Waals surface area contributed by atoms with E-state index in [4.69, 9.17) is 41.3 Å². The number of pyridine rings is 2. The molecular formula is C29H33ClN4O5S. The molecule has 0 radical (unpaired) electrons. The lowest BCUT2D eigenvalue weighted by atomic mass is 9.76. The molecule has 0 amide bonds. The number of halogens is 1. The summed E-state index contributed by atoms with van der Waals surface area (Å²) in [5.74, 6) is 0.982. The van der Waals surface area contributed by atoms with Crippen molar-refractivity contribution in [3.63, 3.8) is 0 Å². The first-order chi connectivity index (χ1) is 19.3. The Hall–Kier alpha value is -3.21. The number of hydrogen-bond acceptors (Lipinski definition) is 10. The first-order valence-corrected chi connectivity index (χ1v) is 14.3. The smallest absolute Gasteiger partial charge is 0.358 e. The van der Waals surface area contributed by atoms with Gasteiger partial charge in [-0.25, -0.2) is 14.8 Å². The van der Waals surface area contributed by atoms with Crippen LogP contribution in [0.4, 0.5) is 11.5 Å². The molecule has 1 atom stereocenters. The van der Waals surface area contributed by atoms with E-state index >= 15 is 0 Å². The van der Waals surface area contributed by atoms with Crippen LogP contribution < -0.4 is 20.1 Å². The monoisotopic (exact) mass is 584 g/mol. The summed E-state index contributed by atoms with van der Waals surface area (Å²) in [6.07, 6.45) is 4.87. The second kappa shape index (κ2) is 12.1. The van der Waals surface area contributed by atoms with Crippen LogP contribution in [-0.4, -0.2) is 56.0 Å². The van der Waals surface area contributed by atoms with Crippen LogP contribution in [0.2, 0.25) is 5.02 Å². The first kappa shape index (κ1) is 28.3. The van der Waals surface area contributed by atoms with E-state index in [1.807, 2.05) is 30.3 Å². The number of aromatic nitrogens is 2. The van der Waals surface area contributed by atoms with Gasteiger partial charge in [0.2, 0.25) is 0 Å². The van der Waals surface area contributed by atoms with Crippen LogP contribution in [0, 0.1) is 5.41 Å². The number of rotatable bonds is 8. The predicted octanol–water partition coefficient (Wildman–Crippen LogP) is 5.63. The zero-order valence-electron chi connectivity index (χ0n) is 22.8. The summed E-state index contributed by atoms with van der Waals surface area (Å²) in [5.41, 5.74) is 8.00. The highest BCUT2D eigenvalue weighted by Gasteiger charge is 2.41. The summed E-state index contributed by atoms with van der Waals surface area (Å²) in [6.45, 7) is 4.76. The van der Waals surface area contributed by atoms with Crippen molar-refractivity contribution in [2.24, 2.45) is 5.41 Å². The number of benzene rings is 1. The number of nitrogens with two attached hydrogens (primary N) is 1. The van der Waals surface area contributed by atoms with E-state index in [9.17, 15) is 4.79 Å². The minimum absolute atomic E-state index is 0.191. The highest BCUT2D eigenvalue weighted by Crippen LogP contribution is 2.45. The third-order valence-electron chi connectivity index (χ3n) is 7.51. The molecule has 0 bridgehead atoms. The van der Waals surface area contributed by atoms with Gasteiger partial charge in [-0.3, -0.25) is 0 Å². The number of methoxy groups -OCH3 is 2. The molecule has 3 aromatic rings. The first-order valence-electron chi connectivity index (χ1n) is 13.1. The van der Waals surface area contributed by atoms with Gasteiger partial charge in [0.05, 0.1) is 37.6 Å². The molecule has 2 N–H and O–H groups in total. The second-order valence-electron chi connectivity index (χ2n) is 10.2. The number of anilines is 2.